The van der Waals surface area contributed by atoms with E-state index in [1.54, 1.807) is 0 Å². The van der Waals surface area contributed by atoms with Crippen LogP contribution in [0.25, 0.3) is 11.1 Å². The molecule has 1 atom stereocenters. The van der Waals surface area contributed by atoms with Gasteiger partial charge in [0, 0.05) is 37.8 Å². The molecule has 0 saturated carbocycles. The second-order valence-corrected chi connectivity index (χ2v) is 7.95. The second kappa shape index (κ2) is 6.54. The van der Waals surface area contributed by atoms with Crippen LogP contribution in [0.15, 0.2) is 30.6 Å². The van der Waals surface area contributed by atoms with E-state index >= 15 is 0 Å². The molecule has 0 N–H and O–H groups in total. The first-order chi connectivity index (χ1) is 11.7. The van der Waals surface area contributed by atoms with Crippen LogP contribution in [-0.2, 0) is 11.8 Å². The van der Waals surface area contributed by atoms with E-state index in [1.165, 1.54) is 16.7 Å². The number of aryl methyl sites for hydroxylation is 2. The Morgan fingerprint density at radius 2 is 2.00 bits per heavy atom. The predicted octanol–water partition coefficient (Wildman–Crippen LogP) is 4.12. The standard InChI is InChI=1S/C20H27N3O2/c1-14-8-16(10-17(9-14)18-11-21-22(5)12-18)15-6-7-23(13-15)19(24)25-20(2,3)4/h8-12,15H,6-7,13H2,1-5H3. The minimum absolute atomic E-state index is 0.213. The summed E-state index contributed by atoms with van der Waals surface area (Å²) in [5, 5.41) is 4.27. The first-order valence-electron chi connectivity index (χ1n) is 8.80. The van der Waals surface area contributed by atoms with Crippen molar-refractivity contribution < 1.29 is 9.53 Å². The molecule has 2 heterocycles. The normalized spacial score (nSPS) is 17.8. The number of likely N-dealkylation sites (tertiary alicyclic amines) is 1. The Morgan fingerprint density at radius 3 is 2.64 bits per heavy atom. The van der Waals surface area contributed by atoms with Gasteiger partial charge in [0.2, 0.25) is 0 Å². The molecule has 1 aromatic carbocycles. The Kier molecular flexibility index (Phi) is 4.58. The zero-order valence-electron chi connectivity index (χ0n) is 15.7. The smallest absolute Gasteiger partial charge is 0.410 e. The number of nitrogens with zero attached hydrogens (tertiary/aromatic N) is 3. The van der Waals surface area contributed by atoms with Gasteiger partial charge in [-0.1, -0.05) is 23.8 Å². The summed E-state index contributed by atoms with van der Waals surface area (Å²) in [4.78, 5) is 14.1. The summed E-state index contributed by atoms with van der Waals surface area (Å²) < 4.78 is 7.32. The monoisotopic (exact) mass is 341 g/mol. The molecule has 1 unspecified atom stereocenters. The molecular weight excluding hydrogens is 314 g/mol. The van der Waals surface area contributed by atoms with E-state index in [4.69, 9.17) is 4.74 Å². The fourth-order valence-corrected chi connectivity index (χ4v) is 3.31. The molecule has 1 amide bonds. The van der Waals surface area contributed by atoms with Gasteiger partial charge in [0.15, 0.2) is 0 Å². The van der Waals surface area contributed by atoms with E-state index in [0.717, 1.165) is 18.5 Å². The van der Waals surface area contributed by atoms with Crippen molar-refractivity contribution in [3.63, 3.8) is 0 Å². The molecule has 1 aliphatic rings. The summed E-state index contributed by atoms with van der Waals surface area (Å²) in [5.41, 5.74) is 4.36. The van der Waals surface area contributed by atoms with Gasteiger partial charge in [0.25, 0.3) is 0 Å². The maximum Gasteiger partial charge on any atom is 0.410 e. The van der Waals surface area contributed by atoms with Crippen molar-refractivity contribution in [3.05, 3.63) is 41.7 Å². The van der Waals surface area contributed by atoms with Crippen molar-refractivity contribution in [3.8, 4) is 11.1 Å². The number of ether oxygens (including phenoxy) is 1. The SMILES string of the molecule is Cc1cc(-c2cnn(C)c2)cc(C2CCN(C(=O)OC(C)(C)C)C2)c1. The first kappa shape index (κ1) is 17.5. The highest BCUT2D eigenvalue weighted by Crippen LogP contribution is 2.32. The quantitative estimate of drug-likeness (QED) is 0.825. The molecule has 1 saturated heterocycles. The molecule has 5 nitrogen and oxygen atoms in total. The molecule has 0 radical (unpaired) electrons. The maximum atomic E-state index is 12.3. The van der Waals surface area contributed by atoms with E-state index in [9.17, 15) is 4.79 Å². The van der Waals surface area contributed by atoms with Crippen LogP contribution < -0.4 is 0 Å². The minimum atomic E-state index is -0.452. The van der Waals surface area contributed by atoms with Gasteiger partial charge in [-0.3, -0.25) is 4.68 Å². The fourth-order valence-electron chi connectivity index (χ4n) is 3.31. The molecule has 1 fully saturated rings. The third-order valence-corrected chi connectivity index (χ3v) is 4.45. The zero-order chi connectivity index (χ0) is 18.2. The van der Waals surface area contributed by atoms with Gasteiger partial charge in [-0.15, -0.1) is 0 Å². The van der Waals surface area contributed by atoms with Crippen LogP contribution in [0, 0.1) is 6.92 Å². The van der Waals surface area contributed by atoms with Crippen LogP contribution in [0.1, 0.15) is 44.2 Å². The molecule has 5 heteroatoms. The molecule has 1 aliphatic heterocycles. The molecule has 0 spiro atoms. The highest BCUT2D eigenvalue weighted by Gasteiger charge is 2.30. The van der Waals surface area contributed by atoms with E-state index in [1.807, 2.05) is 49.8 Å². The van der Waals surface area contributed by atoms with Crippen molar-refractivity contribution >= 4 is 6.09 Å². The van der Waals surface area contributed by atoms with Gasteiger partial charge < -0.3 is 9.64 Å². The number of amides is 1. The Morgan fingerprint density at radius 1 is 1.24 bits per heavy atom. The average Bonchev–Trinajstić information content (AvgIpc) is 3.13. The summed E-state index contributed by atoms with van der Waals surface area (Å²) in [5.74, 6) is 0.350. The number of carbonyl (C=O) groups is 1. The Bertz CT molecular complexity index is 773. The van der Waals surface area contributed by atoms with E-state index in [0.29, 0.717) is 12.5 Å². The zero-order valence-corrected chi connectivity index (χ0v) is 15.7. The Hall–Kier alpha value is -2.30. The van der Waals surface area contributed by atoms with Crippen LogP contribution in [0.3, 0.4) is 0 Å². The van der Waals surface area contributed by atoms with E-state index in [-0.39, 0.29) is 6.09 Å². The topological polar surface area (TPSA) is 47.4 Å². The second-order valence-electron chi connectivity index (χ2n) is 7.95. The van der Waals surface area contributed by atoms with Crippen LogP contribution in [-0.4, -0.2) is 39.5 Å². The van der Waals surface area contributed by atoms with Gasteiger partial charge >= 0.3 is 6.09 Å². The molecular formula is C20H27N3O2. The minimum Gasteiger partial charge on any atom is -0.444 e. The number of benzene rings is 1. The summed E-state index contributed by atoms with van der Waals surface area (Å²) in [6, 6.07) is 6.64. The van der Waals surface area contributed by atoms with Crippen molar-refractivity contribution in [2.45, 2.75) is 45.6 Å². The average molecular weight is 341 g/mol. The number of hydrogen-bond donors (Lipinski definition) is 0. The summed E-state index contributed by atoms with van der Waals surface area (Å²) >= 11 is 0. The van der Waals surface area contributed by atoms with Gasteiger partial charge in [0.05, 0.1) is 6.20 Å². The first-order valence-corrected chi connectivity index (χ1v) is 8.80. The molecule has 1 aromatic heterocycles. The van der Waals surface area contributed by atoms with Crippen LogP contribution in [0.4, 0.5) is 4.79 Å². The third-order valence-electron chi connectivity index (χ3n) is 4.45. The Labute approximate surface area is 149 Å². The molecule has 3 rings (SSSR count). The van der Waals surface area contributed by atoms with Crippen LogP contribution in [0.2, 0.25) is 0 Å². The number of hydrogen-bond acceptors (Lipinski definition) is 3. The third kappa shape index (κ3) is 4.21. The lowest BCUT2D eigenvalue weighted by molar-refractivity contribution is 0.0292. The van der Waals surface area contributed by atoms with Crippen molar-refractivity contribution in [2.24, 2.45) is 7.05 Å². The highest BCUT2D eigenvalue weighted by molar-refractivity contribution is 5.69. The van der Waals surface area contributed by atoms with Crippen molar-refractivity contribution in [1.29, 1.82) is 0 Å². The predicted molar refractivity (Wildman–Crippen MR) is 98.5 cm³/mol. The van der Waals surface area contributed by atoms with Gasteiger partial charge in [-0.2, -0.15) is 5.10 Å². The van der Waals surface area contributed by atoms with Crippen LogP contribution >= 0.6 is 0 Å². The van der Waals surface area contributed by atoms with Crippen LogP contribution in [0.5, 0.6) is 0 Å². The highest BCUT2D eigenvalue weighted by atomic mass is 16.6. The molecule has 25 heavy (non-hydrogen) atoms. The molecule has 134 valence electrons. The van der Waals surface area contributed by atoms with E-state index < -0.39 is 5.60 Å². The van der Waals surface area contributed by atoms with E-state index in [2.05, 4.69) is 30.2 Å². The molecule has 2 aromatic rings. The largest absolute Gasteiger partial charge is 0.444 e. The summed E-state index contributed by atoms with van der Waals surface area (Å²) in [6.45, 7) is 9.28. The number of carbonyl (C=O) groups excluding carboxylic acids is 1. The number of aromatic nitrogens is 2. The van der Waals surface area contributed by atoms with Crippen molar-refractivity contribution in [2.75, 3.05) is 13.1 Å². The summed E-state index contributed by atoms with van der Waals surface area (Å²) in [6.07, 6.45) is 4.67. The van der Waals surface area contributed by atoms with Gasteiger partial charge in [-0.05, 0) is 45.2 Å². The lowest BCUT2D eigenvalue weighted by Gasteiger charge is -2.24. The van der Waals surface area contributed by atoms with Crippen molar-refractivity contribution in [1.82, 2.24) is 14.7 Å². The fraction of sp³-hybridized carbons (Fsp3) is 0.500. The summed E-state index contributed by atoms with van der Waals surface area (Å²) in [7, 11) is 1.93. The maximum absolute atomic E-state index is 12.3. The van der Waals surface area contributed by atoms with Gasteiger partial charge in [0.1, 0.15) is 5.60 Å². The molecule has 0 aliphatic carbocycles. The lowest BCUT2D eigenvalue weighted by Crippen LogP contribution is -2.35. The molecule has 0 bridgehead atoms. The number of rotatable bonds is 2. The van der Waals surface area contributed by atoms with Gasteiger partial charge in [-0.25, -0.2) is 4.79 Å². The Balaban J connectivity index is 1.77. The lowest BCUT2D eigenvalue weighted by atomic mass is 9.93.